The smallest absolute Gasteiger partial charge is 0.240 e. The molecule has 1 N–H and O–H groups in total. The van der Waals surface area contributed by atoms with Crippen LogP contribution in [0.3, 0.4) is 0 Å². The van der Waals surface area contributed by atoms with Crippen molar-refractivity contribution in [1.29, 1.82) is 0 Å². The van der Waals surface area contributed by atoms with Crippen LogP contribution >= 0.6 is 0 Å². The first-order valence-corrected chi connectivity index (χ1v) is 13.2. The first-order valence-electron chi connectivity index (χ1n) is 11.7. The highest BCUT2D eigenvalue weighted by Gasteiger charge is 2.14. The Bertz CT molecular complexity index is 1120. The van der Waals surface area contributed by atoms with Crippen molar-refractivity contribution in [3.63, 3.8) is 0 Å². The summed E-state index contributed by atoms with van der Waals surface area (Å²) in [7, 11) is -1.37. The van der Waals surface area contributed by atoms with Gasteiger partial charge < -0.3 is 19.1 Å². The number of ether oxygens (including phenoxy) is 1. The van der Waals surface area contributed by atoms with E-state index >= 15 is 0 Å². The molecular weight excluding hydrogens is 436 g/mol. The van der Waals surface area contributed by atoms with E-state index < -0.39 is 10.0 Å². The summed E-state index contributed by atoms with van der Waals surface area (Å²) in [5.74, 6) is 0.701. The minimum Gasteiger partial charge on any atom is -0.494 e. The molecule has 1 fully saturated rings. The van der Waals surface area contributed by atoms with Gasteiger partial charge in [-0.05, 0) is 61.7 Å². The number of fused-ring (bicyclic) bond motifs is 1. The molecule has 3 aromatic rings. The van der Waals surface area contributed by atoms with Crippen LogP contribution in [-0.2, 0) is 16.6 Å². The molecule has 2 aromatic carbocycles. The second kappa shape index (κ2) is 11.2. The number of piperazine rings is 1. The van der Waals surface area contributed by atoms with E-state index in [9.17, 15) is 8.42 Å². The third-order valence-corrected chi connectivity index (χ3v) is 7.64. The van der Waals surface area contributed by atoms with Gasteiger partial charge in [0.15, 0.2) is 0 Å². The predicted octanol–water partition coefficient (Wildman–Crippen LogP) is 3.03. The summed E-state index contributed by atoms with van der Waals surface area (Å²) in [5, 5.41) is 1.19. The number of aromatic nitrogens is 1. The Morgan fingerprint density at radius 3 is 2.45 bits per heavy atom. The molecule has 33 heavy (non-hydrogen) atoms. The molecule has 1 aliphatic heterocycles. The van der Waals surface area contributed by atoms with E-state index in [2.05, 4.69) is 44.3 Å². The summed E-state index contributed by atoms with van der Waals surface area (Å²) in [6, 6.07) is 17.0. The number of nitrogens with one attached hydrogen (secondary N) is 1. The lowest BCUT2D eigenvalue weighted by Gasteiger charge is -2.32. The lowest BCUT2D eigenvalue weighted by atomic mass is 10.2. The minimum atomic E-state index is -3.53. The van der Waals surface area contributed by atoms with Crippen LogP contribution in [0.15, 0.2) is 65.7 Å². The Balaban J connectivity index is 1.18. The maximum Gasteiger partial charge on any atom is 0.240 e. The number of likely N-dealkylation sites (N-methyl/N-ethyl adjacent to an activating group) is 1. The maximum atomic E-state index is 12.6. The van der Waals surface area contributed by atoms with E-state index in [1.807, 2.05) is 18.3 Å². The van der Waals surface area contributed by atoms with Crippen molar-refractivity contribution in [3.05, 3.63) is 60.8 Å². The fourth-order valence-electron chi connectivity index (χ4n) is 4.14. The third-order valence-electron chi connectivity index (χ3n) is 6.17. The van der Waals surface area contributed by atoms with Gasteiger partial charge in [-0.2, -0.15) is 0 Å². The van der Waals surface area contributed by atoms with Gasteiger partial charge in [0.25, 0.3) is 0 Å². The van der Waals surface area contributed by atoms with E-state index in [-0.39, 0.29) is 4.90 Å². The fraction of sp³-hybridized carbons (Fsp3) is 0.440. The number of rotatable bonds is 11. The van der Waals surface area contributed by atoms with Gasteiger partial charge in [0.2, 0.25) is 10.0 Å². The number of hydrogen-bond acceptors (Lipinski definition) is 5. The molecule has 0 unspecified atom stereocenters. The van der Waals surface area contributed by atoms with Crippen LogP contribution < -0.4 is 9.46 Å². The monoisotopic (exact) mass is 470 g/mol. The van der Waals surface area contributed by atoms with Gasteiger partial charge in [-0.3, -0.25) is 0 Å². The summed E-state index contributed by atoms with van der Waals surface area (Å²) in [6.07, 6.45) is 3.72. The molecule has 1 saturated heterocycles. The van der Waals surface area contributed by atoms with Gasteiger partial charge in [0.1, 0.15) is 5.75 Å². The highest BCUT2D eigenvalue weighted by Crippen LogP contribution is 2.17. The topological polar surface area (TPSA) is 66.8 Å². The van der Waals surface area contributed by atoms with Crippen LogP contribution in [0.2, 0.25) is 0 Å². The van der Waals surface area contributed by atoms with Crippen molar-refractivity contribution in [3.8, 4) is 5.75 Å². The molecule has 1 aromatic heterocycles. The van der Waals surface area contributed by atoms with Crippen molar-refractivity contribution in [1.82, 2.24) is 19.1 Å². The summed E-state index contributed by atoms with van der Waals surface area (Å²) in [6.45, 7) is 7.27. The van der Waals surface area contributed by atoms with Crippen LogP contribution in [0.25, 0.3) is 10.9 Å². The van der Waals surface area contributed by atoms with Crippen LogP contribution in [-0.4, -0.2) is 75.7 Å². The van der Waals surface area contributed by atoms with E-state index in [1.165, 1.54) is 10.9 Å². The second-order valence-electron chi connectivity index (χ2n) is 8.64. The zero-order chi connectivity index (χ0) is 23.1. The van der Waals surface area contributed by atoms with Gasteiger partial charge in [0.05, 0.1) is 11.5 Å². The van der Waals surface area contributed by atoms with Gasteiger partial charge in [-0.1, -0.05) is 18.2 Å². The third kappa shape index (κ3) is 6.57. The first-order chi connectivity index (χ1) is 16.0. The highest BCUT2D eigenvalue weighted by molar-refractivity contribution is 7.89. The van der Waals surface area contributed by atoms with Gasteiger partial charge in [0, 0.05) is 57.5 Å². The van der Waals surface area contributed by atoms with E-state index in [1.54, 1.807) is 24.3 Å². The number of para-hydroxylation sites is 1. The summed E-state index contributed by atoms with van der Waals surface area (Å²) in [4.78, 5) is 5.07. The molecule has 0 amide bonds. The Labute approximate surface area is 197 Å². The van der Waals surface area contributed by atoms with Crippen LogP contribution in [0.5, 0.6) is 5.75 Å². The van der Waals surface area contributed by atoms with E-state index in [0.717, 1.165) is 45.7 Å². The summed E-state index contributed by atoms with van der Waals surface area (Å²) >= 11 is 0. The standard InChI is InChI=1S/C25H34N4O3S/c1-27-17-19-28(20-18-27)14-5-21-32-23-8-10-24(11-9-23)33(30,31)26-13-4-15-29-16-12-22-6-2-3-7-25(22)29/h2-3,6-12,16,26H,4-5,13-15,17-21H2,1H3. The predicted molar refractivity (Wildman–Crippen MR) is 132 cm³/mol. The molecule has 8 heteroatoms. The number of sulfonamides is 1. The van der Waals surface area contributed by atoms with Crippen molar-refractivity contribution in [2.45, 2.75) is 24.3 Å². The Kier molecular flexibility index (Phi) is 8.03. The van der Waals surface area contributed by atoms with Crippen molar-refractivity contribution < 1.29 is 13.2 Å². The van der Waals surface area contributed by atoms with Gasteiger partial charge in [-0.15, -0.1) is 0 Å². The molecule has 0 radical (unpaired) electrons. The number of benzene rings is 2. The maximum absolute atomic E-state index is 12.6. The zero-order valence-corrected chi connectivity index (χ0v) is 20.1. The second-order valence-corrected chi connectivity index (χ2v) is 10.4. The molecule has 178 valence electrons. The number of hydrogen-bond donors (Lipinski definition) is 1. The van der Waals surface area contributed by atoms with Crippen molar-refractivity contribution >= 4 is 20.9 Å². The molecule has 0 aliphatic carbocycles. The molecule has 1 aliphatic rings. The van der Waals surface area contributed by atoms with Crippen molar-refractivity contribution in [2.24, 2.45) is 0 Å². The van der Waals surface area contributed by atoms with Crippen LogP contribution in [0, 0.1) is 0 Å². The molecule has 0 atom stereocenters. The number of nitrogens with zero attached hydrogens (tertiary/aromatic N) is 3. The molecule has 0 bridgehead atoms. The summed E-state index contributed by atoms with van der Waals surface area (Å²) < 4.78 is 35.9. The lowest BCUT2D eigenvalue weighted by Crippen LogP contribution is -2.44. The molecule has 4 rings (SSSR count). The first kappa shape index (κ1) is 23.8. The van der Waals surface area contributed by atoms with E-state index in [4.69, 9.17) is 4.74 Å². The molecule has 0 spiro atoms. The molecule has 7 nitrogen and oxygen atoms in total. The normalized spacial score (nSPS) is 15.8. The van der Waals surface area contributed by atoms with Crippen LogP contribution in [0.1, 0.15) is 12.8 Å². The summed E-state index contributed by atoms with van der Waals surface area (Å²) in [5.41, 5.74) is 1.17. The quantitative estimate of drug-likeness (QED) is 0.437. The zero-order valence-electron chi connectivity index (χ0n) is 19.3. The average Bonchev–Trinajstić information content (AvgIpc) is 3.24. The van der Waals surface area contributed by atoms with E-state index in [0.29, 0.717) is 25.3 Å². The van der Waals surface area contributed by atoms with Crippen LogP contribution in [0.4, 0.5) is 0 Å². The highest BCUT2D eigenvalue weighted by atomic mass is 32.2. The molecule has 2 heterocycles. The lowest BCUT2D eigenvalue weighted by molar-refractivity contribution is 0.145. The SMILES string of the molecule is CN1CCN(CCCOc2ccc(S(=O)(=O)NCCCn3ccc4ccccc43)cc2)CC1. The Morgan fingerprint density at radius 1 is 0.909 bits per heavy atom. The number of aryl methyl sites for hydroxylation is 1. The Hall–Kier alpha value is -2.39. The van der Waals surface area contributed by atoms with Gasteiger partial charge in [-0.25, -0.2) is 13.1 Å². The minimum absolute atomic E-state index is 0.263. The molecule has 0 saturated carbocycles. The van der Waals surface area contributed by atoms with Crippen molar-refractivity contribution in [2.75, 3.05) is 52.9 Å². The average molecular weight is 471 g/mol. The fourth-order valence-corrected chi connectivity index (χ4v) is 5.21. The largest absolute Gasteiger partial charge is 0.494 e. The molecular formula is C25H34N4O3S. The Morgan fingerprint density at radius 2 is 1.67 bits per heavy atom. The van der Waals surface area contributed by atoms with Gasteiger partial charge >= 0.3 is 0 Å².